The average Bonchev–Trinajstić information content (AvgIpc) is 3.01. The van der Waals surface area contributed by atoms with Gasteiger partial charge < -0.3 is 15.1 Å². The molecule has 0 spiro atoms. The van der Waals surface area contributed by atoms with Crippen molar-refractivity contribution in [3.8, 4) is 0 Å². The molecule has 0 aliphatic rings. The summed E-state index contributed by atoms with van der Waals surface area (Å²) in [5.41, 5.74) is 0.542. The van der Waals surface area contributed by atoms with E-state index in [4.69, 9.17) is 4.42 Å². The normalized spacial score (nSPS) is 13.2. The van der Waals surface area contributed by atoms with E-state index in [-0.39, 0.29) is 6.54 Å². The molecule has 1 aromatic carbocycles. The van der Waals surface area contributed by atoms with E-state index >= 15 is 0 Å². The first kappa shape index (κ1) is 17.0. The number of rotatable bonds is 5. The zero-order chi connectivity index (χ0) is 16.9. The van der Waals surface area contributed by atoms with Crippen LogP contribution in [0, 0.1) is 0 Å². The lowest BCUT2D eigenvalue weighted by Gasteiger charge is -2.09. The van der Waals surface area contributed by atoms with Gasteiger partial charge in [0.2, 0.25) is 5.89 Å². The highest BCUT2D eigenvalue weighted by Gasteiger charge is 2.08. The van der Waals surface area contributed by atoms with Gasteiger partial charge in [0.25, 0.3) is 0 Å². The first-order chi connectivity index (χ1) is 10.9. The summed E-state index contributed by atoms with van der Waals surface area (Å²) in [4.78, 5) is 16.5. The number of benzene rings is 1. The molecule has 2 rings (SSSR count). The highest BCUT2D eigenvalue weighted by molar-refractivity contribution is 7.93. The van der Waals surface area contributed by atoms with E-state index in [1.807, 2.05) is 6.92 Å². The van der Waals surface area contributed by atoms with Crippen molar-refractivity contribution in [1.82, 2.24) is 10.3 Å². The Morgan fingerprint density at radius 3 is 2.87 bits per heavy atom. The molecule has 1 atom stereocenters. The molecule has 0 saturated carbocycles. The van der Waals surface area contributed by atoms with Gasteiger partial charge in [0.05, 0.1) is 22.5 Å². The number of nitrogens with zero attached hydrogens (tertiary/aromatic N) is 2. The second-order valence-electron chi connectivity index (χ2n) is 4.89. The van der Waals surface area contributed by atoms with Crippen molar-refractivity contribution in [3.05, 3.63) is 42.1 Å². The molecule has 1 aromatic heterocycles. The number of amides is 2. The molecule has 1 unspecified atom stereocenters. The molecule has 0 aliphatic heterocycles. The van der Waals surface area contributed by atoms with Crippen molar-refractivity contribution < 1.29 is 13.4 Å². The van der Waals surface area contributed by atoms with Gasteiger partial charge in [-0.05, 0) is 18.2 Å². The van der Waals surface area contributed by atoms with Crippen molar-refractivity contribution in [1.29, 1.82) is 0 Å². The number of carbonyl (C=O) groups is 1. The molecule has 7 nitrogen and oxygen atoms in total. The number of anilines is 1. The van der Waals surface area contributed by atoms with Crippen molar-refractivity contribution in [2.45, 2.75) is 24.8 Å². The van der Waals surface area contributed by atoms with Crippen molar-refractivity contribution in [2.75, 3.05) is 18.6 Å². The van der Waals surface area contributed by atoms with E-state index in [2.05, 4.69) is 20.0 Å². The van der Waals surface area contributed by atoms with Gasteiger partial charge in [0.1, 0.15) is 5.76 Å². The van der Waals surface area contributed by atoms with Gasteiger partial charge >= 0.3 is 6.03 Å². The number of carbonyl (C=O) groups excluding carboxylic acids is 1. The number of aryl methyl sites for hydroxylation is 1. The van der Waals surface area contributed by atoms with Crippen LogP contribution in [0.25, 0.3) is 0 Å². The molecule has 0 radical (unpaired) electrons. The van der Waals surface area contributed by atoms with Gasteiger partial charge in [-0.15, -0.1) is 0 Å². The topological polar surface area (TPSA) is 96.6 Å². The monoisotopic (exact) mass is 336 g/mol. The molecule has 8 heteroatoms. The molecule has 2 amide bonds. The lowest BCUT2D eigenvalue weighted by atomic mass is 10.3. The maximum atomic E-state index is 12.2. The Labute approximate surface area is 135 Å². The maximum Gasteiger partial charge on any atom is 0.319 e. The summed E-state index contributed by atoms with van der Waals surface area (Å²) in [7, 11) is -0.924. The lowest BCUT2D eigenvalue weighted by Crippen LogP contribution is -2.28. The highest BCUT2D eigenvalue weighted by atomic mass is 32.2. The number of oxazole rings is 1. The first-order valence-electron chi connectivity index (χ1n) is 7.13. The quantitative estimate of drug-likeness (QED) is 0.877. The Morgan fingerprint density at radius 1 is 1.43 bits per heavy atom. The molecule has 0 saturated heterocycles. The Kier molecular flexibility index (Phi) is 5.38. The van der Waals surface area contributed by atoms with Crippen LogP contribution in [-0.4, -0.2) is 28.5 Å². The van der Waals surface area contributed by atoms with Crippen LogP contribution in [0.4, 0.5) is 10.5 Å². The van der Waals surface area contributed by atoms with Crippen LogP contribution in [0.2, 0.25) is 0 Å². The molecule has 0 fully saturated rings. The lowest BCUT2D eigenvalue weighted by molar-refractivity contribution is 0.250. The zero-order valence-corrected chi connectivity index (χ0v) is 14.1. The number of urea groups is 1. The molecule has 2 N–H and O–H groups in total. The Morgan fingerprint density at radius 2 is 2.22 bits per heavy atom. The Balaban J connectivity index is 1.98. The molecule has 0 bridgehead atoms. The van der Waals surface area contributed by atoms with Crippen LogP contribution in [0.5, 0.6) is 0 Å². The molecular formula is C15H20N4O3S. The van der Waals surface area contributed by atoms with Crippen LogP contribution in [0.1, 0.15) is 18.6 Å². The number of hydrogen-bond donors (Lipinski definition) is 2. The van der Waals surface area contributed by atoms with Crippen molar-refractivity contribution >= 4 is 21.4 Å². The summed E-state index contributed by atoms with van der Waals surface area (Å²) in [6.45, 7) is 2.16. The minimum atomic E-state index is -2.43. The second-order valence-corrected chi connectivity index (χ2v) is 7.34. The smallest absolute Gasteiger partial charge is 0.319 e. The van der Waals surface area contributed by atoms with Gasteiger partial charge in [0.15, 0.2) is 0 Å². The second kappa shape index (κ2) is 7.28. The van der Waals surface area contributed by atoms with E-state index in [0.29, 0.717) is 16.5 Å². The van der Waals surface area contributed by atoms with E-state index < -0.39 is 15.8 Å². The summed E-state index contributed by atoms with van der Waals surface area (Å²) < 4.78 is 21.5. The Bertz CT molecular complexity index is 807. The minimum absolute atomic E-state index is 0.195. The summed E-state index contributed by atoms with van der Waals surface area (Å²) >= 11 is 0. The maximum absolute atomic E-state index is 12.2. The van der Waals surface area contributed by atoms with Gasteiger partial charge in [0, 0.05) is 30.3 Å². The van der Waals surface area contributed by atoms with E-state index in [1.165, 1.54) is 7.05 Å². The fourth-order valence-corrected chi connectivity index (χ4v) is 2.73. The third kappa shape index (κ3) is 4.56. The third-order valence-electron chi connectivity index (χ3n) is 3.23. The fraction of sp³-hybridized carbons (Fsp3) is 0.333. The fourth-order valence-electron chi connectivity index (χ4n) is 1.84. The molecule has 124 valence electrons. The predicted molar refractivity (Wildman–Crippen MR) is 88.9 cm³/mol. The van der Waals surface area contributed by atoms with E-state index in [0.717, 1.165) is 12.2 Å². The SMILES string of the molecule is CCc1cnc(CNC(=O)Nc2cccc(S(C)(=O)=NC)c2)o1. The van der Waals surface area contributed by atoms with Crippen LogP contribution < -0.4 is 10.6 Å². The first-order valence-corrected chi connectivity index (χ1v) is 9.05. The predicted octanol–water partition coefficient (Wildman–Crippen LogP) is 2.65. The Hall–Kier alpha value is -2.35. The summed E-state index contributed by atoms with van der Waals surface area (Å²) in [5.74, 6) is 1.23. The summed E-state index contributed by atoms with van der Waals surface area (Å²) in [5, 5.41) is 5.34. The van der Waals surface area contributed by atoms with Gasteiger partial charge in [-0.25, -0.2) is 18.4 Å². The molecule has 1 heterocycles. The number of nitrogens with one attached hydrogen (secondary N) is 2. The van der Waals surface area contributed by atoms with E-state index in [9.17, 15) is 9.00 Å². The number of hydrogen-bond acceptors (Lipinski definition) is 5. The minimum Gasteiger partial charge on any atom is -0.444 e. The zero-order valence-electron chi connectivity index (χ0n) is 13.3. The third-order valence-corrected chi connectivity index (χ3v) is 5.05. The standard InChI is InChI=1S/C15H20N4O3S/c1-4-12-9-17-14(22-12)10-18-15(20)19-11-6-5-7-13(8-11)23(3,21)16-2/h5-9H,4,10H2,1-3H3,(H2,18,19,20). The van der Waals surface area contributed by atoms with Crippen LogP contribution in [-0.2, 0) is 22.7 Å². The number of aromatic nitrogens is 1. The largest absolute Gasteiger partial charge is 0.444 e. The van der Waals surface area contributed by atoms with Gasteiger partial charge in [-0.3, -0.25) is 0 Å². The van der Waals surface area contributed by atoms with Crippen molar-refractivity contribution in [3.63, 3.8) is 0 Å². The van der Waals surface area contributed by atoms with Crippen molar-refractivity contribution in [2.24, 2.45) is 4.36 Å². The van der Waals surface area contributed by atoms with Crippen LogP contribution >= 0.6 is 0 Å². The summed E-state index contributed by atoms with van der Waals surface area (Å²) in [6, 6.07) is 6.41. The molecule has 2 aromatic rings. The summed E-state index contributed by atoms with van der Waals surface area (Å²) in [6.07, 6.45) is 3.95. The average molecular weight is 336 g/mol. The van der Waals surface area contributed by atoms with Crippen LogP contribution in [0.3, 0.4) is 0 Å². The van der Waals surface area contributed by atoms with Crippen LogP contribution in [0.15, 0.2) is 44.1 Å². The van der Waals surface area contributed by atoms with Gasteiger partial charge in [-0.1, -0.05) is 13.0 Å². The molecule has 23 heavy (non-hydrogen) atoms. The molecule has 0 aliphatic carbocycles. The highest BCUT2D eigenvalue weighted by Crippen LogP contribution is 2.16. The molecular weight excluding hydrogens is 316 g/mol. The van der Waals surface area contributed by atoms with Gasteiger partial charge in [-0.2, -0.15) is 0 Å². The van der Waals surface area contributed by atoms with E-state index in [1.54, 1.807) is 36.7 Å².